The largest absolute Gasteiger partial charge is 0.348 e. The molecule has 2 aromatic heterocycles. The number of carbonyl (C=O) groups is 1. The van der Waals surface area contributed by atoms with Gasteiger partial charge in [-0.2, -0.15) is 0 Å². The molecule has 0 atom stereocenters. The van der Waals surface area contributed by atoms with Crippen molar-refractivity contribution >= 4 is 11.6 Å². The van der Waals surface area contributed by atoms with E-state index in [-0.39, 0.29) is 23.0 Å². The molecule has 2 aromatic rings. The molecule has 5 nitrogen and oxygen atoms in total. The maximum Gasteiger partial charge on any atom is 0.270 e. The van der Waals surface area contributed by atoms with Gasteiger partial charge >= 0.3 is 0 Å². The molecule has 1 fully saturated rings. The van der Waals surface area contributed by atoms with Crippen molar-refractivity contribution in [2.75, 3.05) is 0 Å². The van der Waals surface area contributed by atoms with E-state index >= 15 is 0 Å². The van der Waals surface area contributed by atoms with Crippen molar-refractivity contribution in [3.63, 3.8) is 0 Å². The zero-order valence-electron chi connectivity index (χ0n) is 15.5. The van der Waals surface area contributed by atoms with Crippen LogP contribution in [0.2, 0.25) is 0 Å². The summed E-state index contributed by atoms with van der Waals surface area (Å²) in [7, 11) is 0. The summed E-state index contributed by atoms with van der Waals surface area (Å²) in [6.07, 6.45) is 3.75. The van der Waals surface area contributed by atoms with Gasteiger partial charge in [0.25, 0.3) is 5.91 Å². The van der Waals surface area contributed by atoms with Gasteiger partial charge in [0.15, 0.2) is 0 Å². The molecule has 3 rings (SSSR count). The quantitative estimate of drug-likeness (QED) is 0.891. The standard InChI is InChI=1S/C19H28N4O/c1-12-7-8-23-15(9-12)20-13(2)16(23)17(24)21-14-10-18(3,4)22-19(5,6)11-14/h7-9,14,22H,10-11H2,1-6H3,(H,21,24). The smallest absolute Gasteiger partial charge is 0.270 e. The number of amides is 1. The van der Waals surface area contributed by atoms with Crippen LogP contribution in [0.15, 0.2) is 18.3 Å². The van der Waals surface area contributed by atoms with E-state index in [1.807, 2.05) is 36.6 Å². The molecule has 0 saturated carbocycles. The Balaban J connectivity index is 1.86. The number of nitrogens with one attached hydrogen (secondary N) is 2. The molecule has 0 bridgehead atoms. The monoisotopic (exact) mass is 328 g/mol. The van der Waals surface area contributed by atoms with Crippen LogP contribution in [-0.4, -0.2) is 32.4 Å². The second kappa shape index (κ2) is 5.59. The van der Waals surface area contributed by atoms with Crippen LogP contribution in [0.25, 0.3) is 5.65 Å². The molecule has 2 N–H and O–H groups in total. The number of aromatic nitrogens is 2. The first-order valence-corrected chi connectivity index (χ1v) is 8.62. The predicted molar refractivity (Wildman–Crippen MR) is 96.4 cm³/mol. The van der Waals surface area contributed by atoms with Crippen LogP contribution in [0.1, 0.15) is 62.3 Å². The SMILES string of the molecule is Cc1ccn2c(C(=O)NC3CC(C)(C)NC(C)(C)C3)c(C)nc2c1. The van der Waals surface area contributed by atoms with Gasteiger partial charge in [-0.1, -0.05) is 0 Å². The lowest BCUT2D eigenvalue weighted by Crippen LogP contribution is -2.62. The molecule has 130 valence electrons. The highest BCUT2D eigenvalue weighted by Crippen LogP contribution is 2.28. The van der Waals surface area contributed by atoms with Crippen molar-refractivity contribution in [2.24, 2.45) is 0 Å². The van der Waals surface area contributed by atoms with Crippen molar-refractivity contribution in [3.05, 3.63) is 35.3 Å². The summed E-state index contributed by atoms with van der Waals surface area (Å²) in [4.78, 5) is 17.5. The molecule has 0 aromatic carbocycles. The van der Waals surface area contributed by atoms with Gasteiger partial charge in [-0.15, -0.1) is 0 Å². The Morgan fingerprint density at radius 3 is 2.50 bits per heavy atom. The van der Waals surface area contributed by atoms with Crippen molar-refractivity contribution in [2.45, 2.75) is 71.5 Å². The minimum atomic E-state index is -0.0395. The zero-order chi connectivity index (χ0) is 17.7. The maximum atomic E-state index is 12.9. The van der Waals surface area contributed by atoms with Crippen LogP contribution in [0, 0.1) is 13.8 Å². The molecule has 1 aliphatic rings. The molecule has 3 heterocycles. The lowest BCUT2D eigenvalue weighted by molar-refractivity contribution is 0.0867. The summed E-state index contributed by atoms with van der Waals surface area (Å²) in [5.41, 5.74) is 3.38. The number of fused-ring (bicyclic) bond motifs is 1. The van der Waals surface area contributed by atoms with Gasteiger partial charge in [0.1, 0.15) is 11.3 Å². The third kappa shape index (κ3) is 3.31. The van der Waals surface area contributed by atoms with E-state index in [0.29, 0.717) is 5.69 Å². The minimum Gasteiger partial charge on any atom is -0.348 e. The van der Waals surface area contributed by atoms with Crippen LogP contribution in [-0.2, 0) is 0 Å². The fourth-order valence-electron chi connectivity index (χ4n) is 4.22. The highest BCUT2D eigenvalue weighted by atomic mass is 16.2. The van der Waals surface area contributed by atoms with Gasteiger partial charge in [-0.3, -0.25) is 9.20 Å². The van der Waals surface area contributed by atoms with Crippen LogP contribution in [0.5, 0.6) is 0 Å². The number of pyridine rings is 1. The molecule has 1 aliphatic heterocycles. The summed E-state index contributed by atoms with van der Waals surface area (Å²) in [6, 6.07) is 4.15. The van der Waals surface area contributed by atoms with Gasteiger partial charge in [0, 0.05) is 23.3 Å². The van der Waals surface area contributed by atoms with Crippen LogP contribution < -0.4 is 10.6 Å². The molecule has 0 unspecified atom stereocenters. The second-order valence-corrected chi connectivity index (χ2v) is 8.45. The first-order valence-electron chi connectivity index (χ1n) is 8.62. The lowest BCUT2D eigenvalue weighted by atomic mass is 9.79. The number of nitrogens with zero attached hydrogens (tertiary/aromatic N) is 2. The van der Waals surface area contributed by atoms with Gasteiger partial charge in [-0.25, -0.2) is 4.98 Å². The van der Waals surface area contributed by atoms with E-state index in [1.54, 1.807) is 0 Å². The molecule has 0 spiro atoms. The summed E-state index contributed by atoms with van der Waals surface area (Å²) < 4.78 is 1.88. The van der Waals surface area contributed by atoms with E-state index in [9.17, 15) is 4.79 Å². The maximum absolute atomic E-state index is 12.9. The zero-order valence-corrected chi connectivity index (χ0v) is 15.5. The number of rotatable bonds is 2. The molecular weight excluding hydrogens is 300 g/mol. The molecule has 5 heteroatoms. The Hall–Kier alpha value is -1.88. The van der Waals surface area contributed by atoms with Crippen molar-refractivity contribution in [1.82, 2.24) is 20.0 Å². The molecular formula is C19H28N4O. The number of imidazole rings is 1. The van der Waals surface area contributed by atoms with Crippen LogP contribution in [0.3, 0.4) is 0 Å². The van der Waals surface area contributed by atoms with E-state index in [1.165, 1.54) is 0 Å². The van der Waals surface area contributed by atoms with Gasteiger partial charge < -0.3 is 10.6 Å². The molecule has 24 heavy (non-hydrogen) atoms. The Morgan fingerprint density at radius 1 is 1.25 bits per heavy atom. The minimum absolute atomic E-state index is 0.00529. The third-order valence-electron chi connectivity index (χ3n) is 4.70. The Labute approximate surface area is 143 Å². The highest BCUT2D eigenvalue weighted by Gasteiger charge is 2.38. The molecule has 1 amide bonds. The third-order valence-corrected chi connectivity index (χ3v) is 4.70. The average Bonchev–Trinajstić information content (AvgIpc) is 2.69. The predicted octanol–water partition coefficient (Wildman–Crippen LogP) is 2.99. The van der Waals surface area contributed by atoms with Gasteiger partial charge in [0.2, 0.25) is 0 Å². The van der Waals surface area contributed by atoms with E-state index in [0.717, 1.165) is 29.7 Å². The van der Waals surface area contributed by atoms with Crippen LogP contribution >= 0.6 is 0 Å². The second-order valence-electron chi connectivity index (χ2n) is 8.45. The fraction of sp³-hybridized carbons (Fsp3) is 0.579. The fourth-order valence-corrected chi connectivity index (χ4v) is 4.22. The summed E-state index contributed by atoms with van der Waals surface area (Å²) in [5, 5.41) is 6.89. The first-order chi connectivity index (χ1) is 11.1. The Morgan fingerprint density at radius 2 is 1.88 bits per heavy atom. The number of aryl methyl sites for hydroxylation is 2. The normalized spacial score (nSPS) is 20.2. The van der Waals surface area contributed by atoms with E-state index in [2.05, 4.69) is 43.3 Å². The van der Waals surface area contributed by atoms with Crippen molar-refractivity contribution in [3.8, 4) is 0 Å². The summed E-state index contributed by atoms with van der Waals surface area (Å²) in [6.45, 7) is 12.7. The molecule has 1 saturated heterocycles. The van der Waals surface area contributed by atoms with Gasteiger partial charge in [-0.05, 0) is 72.1 Å². The van der Waals surface area contributed by atoms with Gasteiger partial charge in [0.05, 0.1) is 5.69 Å². The average molecular weight is 328 g/mol. The molecule has 0 aliphatic carbocycles. The van der Waals surface area contributed by atoms with E-state index < -0.39 is 0 Å². The van der Waals surface area contributed by atoms with Crippen molar-refractivity contribution in [1.29, 1.82) is 0 Å². The number of hydrogen-bond donors (Lipinski definition) is 2. The van der Waals surface area contributed by atoms with Crippen molar-refractivity contribution < 1.29 is 4.79 Å². The van der Waals surface area contributed by atoms with Crippen LogP contribution in [0.4, 0.5) is 0 Å². The lowest BCUT2D eigenvalue weighted by Gasteiger charge is -2.46. The Kier molecular flexibility index (Phi) is 3.95. The summed E-state index contributed by atoms with van der Waals surface area (Å²) in [5.74, 6) is -0.0395. The number of carbonyl (C=O) groups excluding carboxylic acids is 1. The number of hydrogen-bond acceptors (Lipinski definition) is 3. The molecule has 0 radical (unpaired) electrons. The Bertz CT molecular complexity index is 772. The topological polar surface area (TPSA) is 58.4 Å². The number of piperidine rings is 1. The first kappa shape index (κ1) is 17.0. The highest BCUT2D eigenvalue weighted by molar-refractivity contribution is 5.94. The van der Waals surface area contributed by atoms with E-state index in [4.69, 9.17) is 0 Å². The summed E-state index contributed by atoms with van der Waals surface area (Å²) >= 11 is 0.